The number of aliphatic hydroxyl groups is 7. The number of hydrogen-bond acceptors (Lipinski definition) is 15. The SMILES string of the molecule is CC/C=C/C/C=C/C/C=C/CCCCCCCC(=O)OC[C@H](CO[C@H]1O[C@@H](CO[C@H]2O[C@@H](CO)[C@@H](O)C(O)C2O)[C@@H](O)C(O)C1O)OC(=O)CCCCC/C=C/C/C=C/C/C=C/C/C=C/CCC. The summed E-state index contributed by atoms with van der Waals surface area (Å²) in [6, 6.07) is 0. The summed E-state index contributed by atoms with van der Waals surface area (Å²) in [6.07, 6.45) is 30.4. The van der Waals surface area contributed by atoms with E-state index >= 15 is 0 Å². The first-order valence-corrected chi connectivity index (χ1v) is 25.2. The molecule has 2 aliphatic rings. The Bertz CT molecular complexity index is 1510. The average molecular weight is 963 g/mol. The molecule has 0 spiro atoms. The van der Waals surface area contributed by atoms with Gasteiger partial charge in [0.15, 0.2) is 18.7 Å². The van der Waals surface area contributed by atoms with Gasteiger partial charge >= 0.3 is 11.9 Å². The van der Waals surface area contributed by atoms with Crippen LogP contribution in [-0.4, -0.2) is 142 Å². The number of carbonyl (C=O) groups is 2. The summed E-state index contributed by atoms with van der Waals surface area (Å²) in [5.74, 6) is -0.991. The smallest absolute Gasteiger partial charge is 0.306 e. The zero-order valence-electron chi connectivity index (χ0n) is 40.8. The van der Waals surface area contributed by atoms with Crippen LogP contribution < -0.4 is 0 Å². The van der Waals surface area contributed by atoms with E-state index in [1.165, 1.54) is 6.42 Å². The molecular formula is C53H86O15. The van der Waals surface area contributed by atoms with E-state index in [1.807, 2.05) is 0 Å². The summed E-state index contributed by atoms with van der Waals surface area (Å²) >= 11 is 0. The van der Waals surface area contributed by atoms with Crippen molar-refractivity contribution in [3.8, 4) is 0 Å². The molecule has 388 valence electrons. The van der Waals surface area contributed by atoms with Crippen LogP contribution in [0.25, 0.3) is 0 Å². The molecule has 2 saturated heterocycles. The van der Waals surface area contributed by atoms with Crippen LogP contribution in [0, 0.1) is 0 Å². The quantitative estimate of drug-likeness (QED) is 0.0193. The van der Waals surface area contributed by atoms with Crippen LogP contribution in [0.2, 0.25) is 0 Å². The second kappa shape index (κ2) is 39.4. The highest BCUT2D eigenvalue weighted by atomic mass is 16.7. The Balaban J connectivity index is 1.85. The Morgan fingerprint density at radius 2 is 0.926 bits per heavy atom. The molecule has 15 heteroatoms. The molecule has 2 aliphatic heterocycles. The van der Waals surface area contributed by atoms with E-state index in [0.717, 1.165) is 96.3 Å². The molecule has 2 fully saturated rings. The minimum absolute atomic E-state index is 0.118. The number of aliphatic hydroxyl groups excluding tert-OH is 7. The Morgan fingerprint density at radius 1 is 0.485 bits per heavy atom. The van der Waals surface area contributed by atoms with Crippen LogP contribution in [0.3, 0.4) is 0 Å². The first kappa shape index (κ1) is 60.8. The van der Waals surface area contributed by atoms with Crippen LogP contribution in [0.5, 0.6) is 0 Å². The Labute approximate surface area is 405 Å². The molecule has 0 aliphatic carbocycles. The minimum atomic E-state index is -1.78. The molecule has 0 bridgehead atoms. The molecule has 15 nitrogen and oxygen atoms in total. The maximum Gasteiger partial charge on any atom is 0.306 e. The molecule has 0 aromatic rings. The van der Waals surface area contributed by atoms with Gasteiger partial charge in [0.05, 0.1) is 19.8 Å². The molecule has 0 amide bonds. The van der Waals surface area contributed by atoms with Crippen molar-refractivity contribution in [2.24, 2.45) is 0 Å². The van der Waals surface area contributed by atoms with Gasteiger partial charge < -0.3 is 64.2 Å². The third-order valence-corrected chi connectivity index (χ3v) is 11.3. The predicted molar refractivity (Wildman–Crippen MR) is 261 cm³/mol. The number of hydrogen-bond donors (Lipinski definition) is 7. The molecule has 68 heavy (non-hydrogen) atoms. The van der Waals surface area contributed by atoms with Crippen molar-refractivity contribution >= 4 is 11.9 Å². The second-order valence-corrected chi connectivity index (χ2v) is 17.3. The van der Waals surface area contributed by atoms with Crippen molar-refractivity contribution in [3.05, 3.63) is 85.1 Å². The molecule has 7 N–H and O–H groups in total. The monoisotopic (exact) mass is 963 g/mol. The number of allylic oxidation sites excluding steroid dienone is 14. The molecule has 0 aromatic heterocycles. The van der Waals surface area contributed by atoms with E-state index in [9.17, 15) is 45.3 Å². The normalized spacial score (nSPS) is 26.5. The van der Waals surface area contributed by atoms with Gasteiger partial charge in [-0.2, -0.15) is 0 Å². The van der Waals surface area contributed by atoms with Gasteiger partial charge in [-0.15, -0.1) is 0 Å². The number of unbranched alkanes of at least 4 members (excludes halogenated alkanes) is 9. The lowest BCUT2D eigenvalue weighted by Crippen LogP contribution is -2.61. The van der Waals surface area contributed by atoms with Gasteiger partial charge in [-0.05, 0) is 83.5 Å². The van der Waals surface area contributed by atoms with Gasteiger partial charge in [0, 0.05) is 12.8 Å². The van der Waals surface area contributed by atoms with Crippen molar-refractivity contribution in [1.82, 2.24) is 0 Å². The number of rotatable bonds is 37. The maximum atomic E-state index is 13.0. The first-order valence-electron chi connectivity index (χ1n) is 25.2. The van der Waals surface area contributed by atoms with Crippen molar-refractivity contribution in [2.45, 2.75) is 210 Å². The molecule has 4 unspecified atom stereocenters. The van der Waals surface area contributed by atoms with Crippen molar-refractivity contribution < 1.29 is 73.8 Å². The van der Waals surface area contributed by atoms with Gasteiger partial charge in [-0.3, -0.25) is 9.59 Å². The van der Waals surface area contributed by atoms with E-state index in [2.05, 4.69) is 98.9 Å². The molecule has 0 radical (unpaired) electrons. The van der Waals surface area contributed by atoms with Gasteiger partial charge in [0.1, 0.15) is 55.4 Å². The van der Waals surface area contributed by atoms with E-state index < -0.39 is 99.3 Å². The molecule has 0 saturated carbocycles. The molecule has 2 rings (SSSR count). The van der Waals surface area contributed by atoms with Gasteiger partial charge in [-0.25, -0.2) is 0 Å². The number of carbonyl (C=O) groups excluding carboxylic acids is 2. The van der Waals surface area contributed by atoms with Crippen LogP contribution in [0.4, 0.5) is 0 Å². The van der Waals surface area contributed by atoms with Crippen LogP contribution in [0.1, 0.15) is 142 Å². The van der Waals surface area contributed by atoms with E-state index in [4.69, 9.17) is 28.4 Å². The largest absolute Gasteiger partial charge is 0.462 e. The van der Waals surface area contributed by atoms with Crippen LogP contribution in [0.15, 0.2) is 85.1 Å². The summed E-state index contributed by atoms with van der Waals surface area (Å²) in [4.78, 5) is 25.7. The standard InChI is InChI=1S/C53H86O15/c1-3-5-7-9-11-13-15-17-19-20-22-24-26-28-30-32-34-36-45(56)66-41(38-63-44(55)35-33-31-29-27-25-23-21-18-16-14-12-10-8-6-4-2)39-64-52-51(62)49(60)47(58)43(68-52)40-65-53-50(61)48(59)46(57)42(37-54)67-53/h6-9,12-15,18-21,24,26,41-43,46-54,57-62H,3-5,10-11,16-17,22-23,25,27-40H2,1-2H3/b8-6+,9-7+,14-12+,15-13+,20-19+,21-18+,26-24+/t41-,42+,43+,46-,47-,48?,49?,50?,51?,52+,53+/m1/s1. The molecule has 2 heterocycles. The summed E-state index contributed by atoms with van der Waals surface area (Å²) in [6.45, 7) is 2.33. The average Bonchev–Trinajstić information content (AvgIpc) is 3.33. The highest BCUT2D eigenvalue weighted by molar-refractivity contribution is 5.70. The van der Waals surface area contributed by atoms with Gasteiger partial charge in [0.25, 0.3) is 0 Å². The Hall–Kier alpha value is -3.32. The molecule has 0 aromatic carbocycles. The Kier molecular flexibility index (Phi) is 35.2. The third kappa shape index (κ3) is 27.2. The lowest BCUT2D eigenvalue weighted by Gasteiger charge is -2.42. The lowest BCUT2D eigenvalue weighted by molar-refractivity contribution is -0.332. The topological polar surface area (TPSA) is 231 Å². The van der Waals surface area contributed by atoms with Gasteiger partial charge in [0.2, 0.25) is 0 Å². The third-order valence-electron chi connectivity index (χ3n) is 11.3. The highest BCUT2D eigenvalue weighted by Crippen LogP contribution is 2.26. The lowest BCUT2D eigenvalue weighted by atomic mass is 9.98. The number of esters is 2. The first-order chi connectivity index (χ1) is 33.0. The van der Waals surface area contributed by atoms with E-state index in [0.29, 0.717) is 12.8 Å². The van der Waals surface area contributed by atoms with Gasteiger partial charge in [-0.1, -0.05) is 131 Å². The predicted octanol–water partition coefficient (Wildman–Crippen LogP) is 6.82. The van der Waals surface area contributed by atoms with Crippen LogP contribution in [-0.2, 0) is 38.0 Å². The Morgan fingerprint density at radius 3 is 1.47 bits per heavy atom. The minimum Gasteiger partial charge on any atom is -0.462 e. The van der Waals surface area contributed by atoms with Crippen LogP contribution >= 0.6 is 0 Å². The number of ether oxygens (including phenoxy) is 6. The highest BCUT2D eigenvalue weighted by Gasteiger charge is 2.47. The van der Waals surface area contributed by atoms with Crippen molar-refractivity contribution in [1.29, 1.82) is 0 Å². The van der Waals surface area contributed by atoms with E-state index in [1.54, 1.807) is 0 Å². The van der Waals surface area contributed by atoms with E-state index in [-0.39, 0.29) is 19.4 Å². The fourth-order valence-corrected chi connectivity index (χ4v) is 7.22. The summed E-state index contributed by atoms with van der Waals surface area (Å²) in [7, 11) is 0. The zero-order valence-corrected chi connectivity index (χ0v) is 40.8. The second-order valence-electron chi connectivity index (χ2n) is 17.3. The van der Waals surface area contributed by atoms with Crippen molar-refractivity contribution in [3.63, 3.8) is 0 Å². The van der Waals surface area contributed by atoms with Crippen molar-refractivity contribution in [2.75, 3.05) is 26.4 Å². The molecule has 11 atom stereocenters. The summed E-state index contributed by atoms with van der Waals surface area (Å²) < 4.78 is 33.5. The molecular weight excluding hydrogens is 877 g/mol. The fraction of sp³-hybridized carbons (Fsp3) is 0.698. The zero-order chi connectivity index (χ0) is 49.6. The maximum absolute atomic E-state index is 13.0. The fourth-order valence-electron chi connectivity index (χ4n) is 7.22. The summed E-state index contributed by atoms with van der Waals surface area (Å²) in [5, 5.41) is 72.1. The summed E-state index contributed by atoms with van der Waals surface area (Å²) in [5.41, 5.74) is 0.